The molecule has 0 spiro atoms. The lowest BCUT2D eigenvalue weighted by Crippen LogP contribution is -2.05. The summed E-state index contributed by atoms with van der Waals surface area (Å²) in [6.45, 7) is 3.22. The minimum absolute atomic E-state index is 0.0648. The largest absolute Gasteiger partial charge is 0.394 e. The van der Waals surface area contributed by atoms with E-state index in [1.807, 2.05) is 6.92 Å². The van der Waals surface area contributed by atoms with Crippen LogP contribution >= 0.6 is 0 Å². The number of hydrogen-bond acceptors (Lipinski definition) is 4. The monoisotopic (exact) mass is 166 g/mol. The van der Waals surface area contributed by atoms with Crippen molar-refractivity contribution in [1.29, 1.82) is 0 Å². The lowest BCUT2D eigenvalue weighted by molar-refractivity contribution is -0.0877. The molecular formula is C7H18O4. The summed E-state index contributed by atoms with van der Waals surface area (Å²) in [6.07, 6.45) is -0.625. The predicted octanol–water partition coefficient (Wildman–Crippen LogP) is -0.0153. The van der Waals surface area contributed by atoms with Crippen molar-refractivity contribution in [3.8, 4) is 0 Å². The Morgan fingerprint density at radius 3 is 1.45 bits per heavy atom. The summed E-state index contributed by atoms with van der Waals surface area (Å²) in [5.41, 5.74) is 0. The molecule has 70 valence electrons. The van der Waals surface area contributed by atoms with Crippen molar-refractivity contribution in [2.24, 2.45) is 0 Å². The lowest BCUT2D eigenvalue weighted by Gasteiger charge is -2.03. The summed E-state index contributed by atoms with van der Waals surface area (Å²) in [5.74, 6) is 0. The van der Waals surface area contributed by atoms with Gasteiger partial charge in [-0.15, -0.1) is 0 Å². The van der Waals surface area contributed by atoms with E-state index in [1.54, 1.807) is 14.2 Å². The standard InChI is InChI=1S/C4H10O2.C3H8O2/c1-4(5-2)6-3;1-3(5)2-4/h4H,1-3H3;3-5H,2H2,1H3. The van der Waals surface area contributed by atoms with Crippen LogP contribution in [0.4, 0.5) is 0 Å². The molecule has 4 nitrogen and oxygen atoms in total. The zero-order chi connectivity index (χ0) is 9.28. The Morgan fingerprint density at radius 2 is 1.45 bits per heavy atom. The molecule has 0 aromatic heterocycles. The topological polar surface area (TPSA) is 58.9 Å². The maximum absolute atomic E-state index is 8.11. The number of ether oxygens (including phenoxy) is 2. The first-order valence-electron chi connectivity index (χ1n) is 3.43. The Hall–Kier alpha value is -0.160. The molecule has 0 fully saturated rings. The van der Waals surface area contributed by atoms with Gasteiger partial charge >= 0.3 is 0 Å². The average Bonchev–Trinajstić information content (AvgIpc) is 2.04. The Balaban J connectivity index is 0. The molecular weight excluding hydrogens is 148 g/mol. The van der Waals surface area contributed by atoms with Crippen molar-refractivity contribution in [3.05, 3.63) is 0 Å². The van der Waals surface area contributed by atoms with Gasteiger partial charge in [-0.05, 0) is 13.8 Å². The molecule has 0 aromatic carbocycles. The van der Waals surface area contributed by atoms with Crippen LogP contribution in [-0.2, 0) is 9.47 Å². The normalized spacial score (nSPS) is 12.3. The van der Waals surface area contributed by atoms with Gasteiger partial charge in [0.05, 0.1) is 12.7 Å². The molecule has 11 heavy (non-hydrogen) atoms. The quantitative estimate of drug-likeness (QED) is 0.579. The maximum atomic E-state index is 8.11. The van der Waals surface area contributed by atoms with Crippen molar-refractivity contribution < 1.29 is 19.7 Å². The second kappa shape index (κ2) is 9.84. The molecule has 1 atom stereocenters. The fraction of sp³-hybridized carbons (Fsp3) is 1.00. The summed E-state index contributed by atoms with van der Waals surface area (Å²) in [4.78, 5) is 0. The molecule has 1 unspecified atom stereocenters. The highest BCUT2D eigenvalue weighted by Gasteiger charge is 1.87. The molecule has 0 bridgehead atoms. The molecule has 0 saturated heterocycles. The Labute approximate surface area is 67.8 Å². The lowest BCUT2D eigenvalue weighted by atomic mass is 10.5. The molecule has 4 heteroatoms. The third-order valence-corrected chi connectivity index (χ3v) is 0.928. The van der Waals surface area contributed by atoms with Gasteiger partial charge in [0, 0.05) is 14.2 Å². The number of methoxy groups -OCH3 is 2. The van der Waals surface area contributed by atoms with Crippen LogP contribution in [0.25, 0.3) is 0 Å². The zero-order valence-electron chi connectivity index (χ0n) is 7.57. The molecule has 0 rings (SSSR count). The molecule has 0 aliphatic rings. The van der Waals surface area contributed by atoms with Crippen molar-refractivity contribution in [2.45, 2.75) is 26.2 Å². The van der Waals surface area contributed by atoms with Crippen LogP contribution in [0.1, 0.15) is 13.8 Å². The fourth-order valence-electron chi connectivity index (χ4n) is 0.0962. The zero-order valence-corrected chi connectivity index (χ0v) is 7.57. The minimum atomic E-state index is -0.560. The Bertz CT molecular complexity index is 61.5. The van der Waals surface area contributed by atoms with Gasteiger partial charge in [-0.3, -0.25) is 0 Å². The molecule has 2 N–H and O–H groups in total. The summed E-state index contributed by atoms with van der Waals surface area (Å²) in [6, 6.07) is 0. The van der Waals surface area contributed by atoms with Gasteiger partial charge in [0.25, 0.3) is 0 Å². The highest BCUT2D eigenvalue weighted by atomic mass is 16.7. The summed E-state index contributed by atoms with van der Waals surface area (Å²) >= 11 is 0. The Morgan fingerprint density at radius 1 is 1.18 bits per heavy atom. The van der Waals surface area contributed by atoms with Crippen LogP contribution in [0.5, 0.6) is 0 Å². The van der Waals surface area contributed by atoms with E-state index in [-0.39, 0.29) is 12.9 Å². The predicted molar refractivity (Wildman–Crippen MR) is 42.2 cm³/mol. The van der Waals surface area contributed by atoms with Gasteiger partial charge in [-0.2, -0.15) is 0 Å². The second-order valence-corrected chi connectivity index (χ2v) is 2.07. The molecule has 0 saturated carbocycles. The molecule has 0 aliphatic carbocycles. The van der Waals surface area contributed by atoms with Gasteiger partial charge < -0.3 is 19.7 Å². The van der Waals surface area contributed by atoms with Crippen LogP contribution in [0.3, 0.4) is 0 Å². The first-order chi connectivity index (χ1) is 5.08. The van der Waals surface area contributed by atoms with Gasteiger partial charge in [0.1, 0.15) is 0 Å². The van der Waals surface area contributed by atoms with E-state index in [0.29, 0.717) is 0 Å². The highest BCUT2D eigenvalue weighted by molar-refractivity contribution is 4.34. The minimum Gasteiger partial charge on any atom is -0.394 e. The van der Waals surface area contributed by atoms with Crippen molar-refractivity contribution >= 4 is 0 Å². The highest BCUT2D eigenvalue weighted by Crippen LogP contribution is 1.82. The van der Waals surface area contributed by atoms with Crippen LogP contribution in [0.15, 0.2) is 0 Å². The summed E-state index contributed by atoms with van der Waals surface area (Å²) < 4.78 is 9.35. The van der Waals surface area contributed by atoms with E-state index in [9.17, 15) is 0 Å². The van der Waals surface area contributed by atoms with Crippen molar-refractivity contribution in [1.82, 2.24) is 0 Å². The molecule has 0 aromatic rings. The number of rotatable bonds is 3. The van der Waals surface area contributed by atoms with E-state index in [4.69, 9.17) is 10.2 Å². The van der Waals surface area contributed by atoms with E-state index < -0.39 is 6.10 Å². The summed E-state index contributed by atoms with van der Waals surface area (Å²) in [7, 11) is 3.21. The van der Waals surface area contributed by atoms with Crippen LogP contribution in [0, 0.1) is 0 Å². The van der Waals surface area contributed by atoms with Gasteiger partial charge in [-0.1, -0.05) is 0 Å². The van der Waals surface area contributed by atoms with E-state index in [0.717, 1.165) is 0 Å². The van der Waals surface area contributed by atoms with Gasteiger partial charge in [0.2, 0.25) is 0 Å². The van der Waals surface area contributed by atoms with Gasteiger partial charge in [-0.25, -0.2) is 0 Å². The van der Waals surface area contributed by atoms with Gasteiger partial charge in [0.15, 0.2) is 6.29 Å². The maximum Gasteiger partial charge on any atom is 0.154 e. The van der Waals surface area contributed by atoms with Crippen molar-refractivity contribution in [2.75, 3.05) is 20.8 Å². The summed E-state index contributed by atoms with van der Waals surface area (Å²) in [5, 5.41) is 16.0. The fourth-order valence-corrected chi connectivity index (χ4v) is 0.0962. The third-order valence-electron chi connectivity index (χ3n) is 0.928. The molecule has 0 amide bonds. The molecule has 0 radical (unpaired) electrons. The smallest absolute Gasteiger partial charge is 0.154 e. The molecule has 0 heterocycles. The van der Waals surface area contributed by atoms with E-state index in [2.05, 4.69) is 9.47 Å². The number of hydrogen-bond donors (Lipinski definition) is 2. The van der Waals surface area contributed by atoms with Crippen molar-refractivity contribution in [3.63, 3.8) is 0 Å². The van der Waals surface area contributed by atoms with E-state index >= 15 is 0 Å². The van der Waals surface area contributed by atoms with E-state index in [1.165, 1.54) is 6.92 Å². The van der Waals surface area contributed by atoms with Crippen LogP contribution in [0.2, 0.25) is 0 Å². The van der Waals surface area contributed by atoms with Crippen LogP contribution < -0.4 is 0 Å². The number of aliphatic hydroxyl groups excluding tert-OH is 2. The average molecular weight is 166 g/mol. The number of aliphatic hydroxyl groups is 2. The first kappa shape index (κ1) is 13.4. The third kappa shape index (κ3) is 17.7. The molecule has 0 aliphatic heterocycles. The first-order valence-corrected chi connectivity index (χ1v) is 3.43. The van der Waals surface area contributed by atoms with Crippen LogP contribution in [-0.4, -0.2) is 43.4 Å². The Kier molecular flexibility index (Phi) is 12.0. The second-order valence-electron chi connectivity index (χ2n) is 2.07. The SMILES string of the molecule is CC(O)CO.COC(C)OC.